The summed E-state index contributed by atoms with van der Waals surface area (Å²) >= 11 is 0. The summed E-state index contributed by atoms with van der Waals surface area (Å²) in [5, 5.41) is 7.64. The van der Waals surface area contributed by atoms with E-state index in [1.54, 1.807) is 0 Å². The summed E-state index contributed by atoms with van der Waals surface area (Å²) < 4.78 is 0. The highest BCUT2D eigenvalue weighted by atomic mass is 15.1. The van der Waals surface area contributed by atoms with Crippen LogP contribution in [0.2, 0.25) is 0 Å². The van der Waals surface area contributed by atoms with Crippen molar-refractivity contribution >= 4 is 49.4 Å². The minimum atomic E-state index is 1.10. The van der Waals surface area contributed by atoms with Crippen LogP contribution in [0.25, 0.3) is 76.8 Å². The van der Waals surface area contributed by atoms with Crippen molar-refractivity contribution in [1.29, 1.82) is 0 Å². The Hall–Kier alpha value is -7.22. The highest BCUT2D eigenvalue weighted by Crippen LogP contribution is 2.42. The lowest BCUT2D eigenvalue weighted by atomic mass is 9.90. The fourth-order valence-corrected chi connectivity index (χ4v) is 8.12. The van der Waals surface area contributed by atoms with Crippen molar-refractivity contribution in [1.82, 2.24) is 0 Å². The molecule has 1 heteroatoms. The van der Waals surface area contributed by atoms with E-state index in [0.29, 0.717) is 0 Å². The molecule has 0 N–H and O–H groups in total. The zero-order valence-electron chi connectivity index (χ0n) is 30.3. The maximum atomic E-state index is 2.38. The van der Waals surface area contributed by atoms with Gasteiger partial charge in [-0.05, 0) is 119 Å². The molecule has 0 aliphatic rings. The Balaban J connectivity index is 1.09. The number of nitrogens with zero attached hydrogens (tertiary/aromatic N) is 1. The van der Waals surface area contributed by atoms with Crippen molar-refractivity contribution in [3.63, 3.8) is 0 Å². The summed E-state index contributed by atoms with van der Waals surface area (Å²) in [7, 11) is 0. The van der Waals surface area contributed by atoms with E-state index in [0.717, 1.165) is 17.1 Å². The van der Waals surface area contributed by atoms with Gasteiger partial charge in [0.05, 0.1) is 0 Å². The molecule has 0 aliphatic heterocycles. The number of hydrogen-bond acceptors (Lipinski definition) is 1. The van der Waals surface area contributed by atoms with Gasteiger partial charge in [0.15, 0.2) is 0 Å². The largest absolute Gasteiger partial charge is 0.310 e. The summed E-state index contributed by atoms with van der Waals surface area (Å²) in [6, 6.07) is 81.4. The van der Waals surface area contributed by atoms with Gasteiger partial charge in [-0.2, -0.15) is 0 Å². The predicted octanol–water partition coefficient (Wildman–Crippen LogP) is 15.3. The molecule has 0 radical (unpaired) electrons. The van der Waals surface area contributed by atoms with Crippen LogP contribution >= 0.6 is 0 Å². The molecule has 0 amide bonds. The van der Waals surface area contributed by atoms with Crippen molar-refractivity contribution in [2.24, 2.45) is 0 Å². The number of anilines is 3. The highest BCUT2D eigenvalue weighted by Gasteiger charge is 2.17. The third kappa shape index (κ3) is 6.12. The van der Waals surface area contributed by atoms with E-state index in [4.69, 9.17) is 0 Å². The van der Waals surface area contributed by atoms with Gasteiger partial charge in [0, 0.05) is 17.1 Å². The van der Waals surface area contributed by atoms with Crippen LogP contribution < -0.4 is 4.90 Å². The first kappa shape index (κ1) is 32.4. The first-order valence-electron chi connectivity index (χ1n) is 18.9. The Morgan fingerprint density at radius 1 is 0.236 bits per heavy atom. The standard InChI is InChI=1S/C54H37N/c1-3-13-38(14-4-1)40-25-27-41(28-26-40)42-31-33-47(34-32-42)55(48-20-11-18-44(35-48)39-15-5-2-6-16-39)49-21-12-19-45(36-49)53-37-46-30-29-43-17-7-8-22-50(43)54(46)52-24-10-9-23-51(52)53/h1-37H. The van der Waals surface area contributed by atoms with Crippen molar-refractivity contribution in [2.75, 3.05) is 4.90 Å². The molecule has 0 aromatic heterocycles. The van der Waals surface area contributed by atoms with Crippen LogP contribution in [0.1, 0.15) is 0 Å². The smallest absolute Gasteiger partial charge is 0.0467 e. The van der Waals surface area contributed by atoms with E-state index in [2.05, 4.69) is 229 Å². The van der Waals surface area contributed by atoms with Crippen LogP contribution in [-0.4, -0.2) is 0 Å². The number of benzene rings is 10. The van der Waals surface area contributed by atoms with Gasteiger partial charge >= 0.3 is 0 Å². The molecular weight excluding hydrogens is 663 g/mol. The van der Waals surface area contributed by atoms with Crippen molar-refractivity contribution < 1.29 is 0 Å². The van der Waals surface area contributed by atoms with Crippen LogP contribution in [-0.2, 0) is 0 Å². The molecule has 0 fully saturated rings. The maximum Gasteiger partial charge on any atom is 0.0467 e. The fourth-order valence-electron chi connectivity index (χ4n) is 8.12. The summed E-state index contributed by atoms with van der Waals surface area (Å²) in [4.78, 5) is 2.38. The van der Waals surface area contributed by atoms with Gasteiger partial charge in [-0.1, -0.05) is 182 Å². The summed E-state index contributed by atoms with van der Waals surface area (Å²) in [6.45, 7) is 0. The number of rotatable bonds is 7. The van der Waals surface area contributed by atoms with Gasteiger partial charge in [-0.3, -0.25) is 0 Å². The molecule has 0 aliphatic carbocycles. The Bertz CT molecular complexity index is 2950. The second-order valence-corrected chi connectivity index (χ2v) is 14.1. The maximum absolute atomic E-state index is 2.38. The Morgan fingerprint density at radius 3 is 1.35 bits per heavy atom. The van der Waals surface area contributed by atoms with E-state index in [-0.39, 0.29) is 0 Å². The van der Waals surface area contributed by atoms with Crippen LogP contribution in [0.5, 0.6) is 0 Å². The second kappa shape index (κ2) is 14.0. The molecule has 1 nitrogen and oxygen atoms in total. The molecule has 10 rings (SSSR count). The average Bonchev–Trinajstić information content (AvgIpc) is 3.27. The average molecular weight is 700 g/mol. The minimum Gasteiger partial charge on any atom is -0.310 e. The van der Waals surface area contributed by atoms with Crippen LogP contribution in [0.4, 0.5) is 17.1 Å². The topological polar surface area (TPSA) is 3.24 Å². The van der Waals surface area contributed by atoms with E-state index in [1.807, 2.05) is 0 Å². The van der Waals surface area contributed by atoms with Gasteiger partial charge in [0.1, 0.15) is 0 Å². The first-order valence-corrected chi connectivity index (χ1v) is 18.9. The van der Waals surface area contributed by atoms with Crippen molar-refractivity contribution in [3.8, 4) is 44.5 Å². The lowest BCUT2D eigenvalue weighted by Crippen LogP contribution is -2.10. The molecule has 0 saturated heterocycles. The van der Waals surface area contributed by atoms with Crippen LogP contribution in [0, 0.1) is 0 Å². The molecule has 0 bridgehead atoms. The molecule has 0 spiro atoms. The van der Waals surface area contributed by atoms with Crippen molar-refractivity contribution in [2.45, 2.75) is 0 Å². The van der Waals surface area contributed by atoms with E-state index in [9.17, 15) is 0 Å². The fraction of sp³-hybridized carbons (Fsp3) is 0. The minimum absolute atomic E-state index is 1.10. The molecule has 258 valence electrons. The molecule has 0 heterocycles. The van der Waals surface area contributed by atoms with Gasteiger partial charge in [0.2, 0.25) is 0 Å². The Labute approximate surface area is 322 Å². The summed E-state index contributed by atoms with van der Waals surface area (Å²) in [5.74, 6) is 0. The highest BCUT2D eigenvalue weighted by molar-refractivity contribution is 6.23. The van der Waals surface area contributed by atoms with Crippen molar-refractivity contribution in [3.05, 3.63) is 224 Å². The van der Waals surface area contributed by atoms with E-state index >= 15 is 0 Å². The molecule has 10 aromatic carbocycles. The van der Waals surface area contributed by atoms with Gasteiger partial charge in [0.25, 0.3) is 0 Å². The van der Waals surface area contributed by atoms with Gasteiger partial charge in [-0.15, -0.1) is 0 Å². The molecule has 0 saturated carbocycles. The van der Waals surface area contributed by atoms with Crippen LogP contribution in [0.3, 0.4) is 0 Å². The Kier molecular flexibility index (Phi) is 8.24. The zero-order valence-corrected chi connectivity index (χ0v) is 30.3. The molecular formula is C54H37N. The number of fused-ring (bicyclic) bond motifs is 5. The quantitative estimate of drug-likeness (QED) is 0.150. The summed E-state index contributed by atoms with van der Waals surface area (Å²) in [6.07, 6.45) is 0. The third-order valence-corrected chi connectivity index (χ3v) is 10.8. The lowest BCUT2D eigenvalue weighted by molar-refractivity contribution is 1.28. The monoisotopic (exact) mass is 699 g/mol. The lowest BCUT2D eigenvalue weighted by Gasteiger charge is -2.27. The third-order valence-electron chi connectivity index (χ3n) is 10.8. The van der Waals surface area contributed by atoms with Crippen LogP contribution in [0.15, 0.2) is 224 Å². The molecule has 55 heavy (non-hydrogen) atoms. The van der Waals surface area contributed by atoms with E-state index < -0.39 is 0 Å². The number of hydrogen-bond donors (Lipinski definition) is 0. The zero-order chi connectivity index (χ0) is 36.6. The first-order chi connectivity index (χ1) is 27.3. The van der Waals surface area contributed by atoms with E-state index in [1.165, 1.54) is 76.8 Å². The predicted molar refractivity (Wildman–Crippen MR) is 235 cm³/mol. The molecule has 0 atom stereocenters. The second-order valence-electron chi connectivity index (χ2n) is 14.1. The Morgan fingerprint density at radius 2 is 0.691 bits per heavy atom. The molecule has 0 unspecified atom stereocenters. The molecule has 10 aromatic rings. The van der Waals surface area contributed by atoms with Gasteiger partial charge < -0.3 is 4.90 Å². The van der Waals surface area contributed by atoms with Gasteiger partial charge in [-0.25, -0.2) is 0 Å². The normalized spacial score (nSPS) is 11.3. The SMILES string of the molecule is c1ccc(-c2ccc(-c3ccc(N(c4cccc(-c5ccccc5)c4)c4cccc(-c5cc6ccc7ccccc7c6c6ccccc56)c4)cc3)cc2)cc1. The summed E-state index contributed by atoms with van der Waals surface area (Å²) in [5.41, 5.74) is 12.9.